The van der Waals surface area contributed by atoms with Crippen LogP contribution in [-0.2, 0) is 6.42 Å². The van der Waals surface area contributed by atoms with Gasteiger partial charge in [0.1, 0.15) is 0 Å². The molecule has 1 aromatic heterocycles. The van der Waals surface area contributed by atoms with E-state index in [0.717, 1.165) is 12.0 Å². The van der Waals surface area contributed by atoms with Gasteiger partial charge in [-0.1, -0.05) is 18.2 Å². The van der Waals surface area contributed by atoms with Crippen LogP contribution in [0.4, 0.5) is 10.5 Å². The third-order valence-corrected chi connectivity index (χ3v) is 3.99. The quantitative estimate of drug-likeness (QED) is 0.791. The number of hydrogen-bond acceptors (Lipinski definition) is 3. The maximum atomic E-state index is 12.0. The van der Waals surface area contributed by atoms with Crippen LogP contribution < -0.4 is 10.6 Å². The minimum atomic E-state index is -0.549. The normalized spacial score (nSPS) is 13.5. The molecule has 0 radical (unpaired) electrons. The molecule has 0 aliphatic heterocycles. The van der Waals surface area contributed by atoms with Crippen LogP contribution in [0.1, 0.15) is 30.4 Å². The number of rotatable bonds is 5. The zero-order chi connectivity index (χ0) is 15.2. The standard InChI is InChI=1S/C16H20N2O2S/c1-11(9-15-7-4-8-21-15)17-16(20)18-14-6-3-5-13(10-14)12(2)19/h3-8,10-12,19H,9H2,1-2H3,(H2,17,18,20). The van der Waals surface area contributed by atoms with Crippen molar-refractivity contribution < 1.29 is 9.90 Å². The van der Waals surface area contributed by atoms with Crippen LogP contribution in [0.3, 0.4) is 0 Å². The van der Waals surface area contributed by atoms with Crippen LogP contribution in [0, 0.1) is 0 Å². The molecule has 0 spiro atoms. The summed E-state index contributed by atoms with van der Waals surface area (Å²) in [5.74, 6) is 0. The van der Waals surface area contributed by atoms with Crippen molar-refractivity contribution >= 4 is 23.1 Å². The van der Waals surface area contributed by atoms with Crippen LogP contribution in [0.5, 0.6) is 0 Å². The number of aliphatic hydroxyl groups excluding tert-OH is 1. The van der Waals surface area contributed by atoms with E-state index in [2.05, 4.69) is 16.7 Å². The largest absolute Gasteiger partial charge is 0.389 e. The number of hydrogen-bond donors (Lipinski definition) is 3. The summed E-state index contributed by atoms with van der Waals surface area (Å²) in [6.07, 6.45) is 0.270. The van der Waals surface area contributed by atoms with Gasteiger partial charge >= 0.3 is 6.03 Å². The summed E-state index contributed by atoms with van der Waals surface area (Å²) < 4.78 is 0. The predicted molar refractivity (Wildman–Crippen MR) is 86.7 cm³/mol. The molecule has 2 amide bonds. The lowest BCUT2D eigenvalue weighted by Crippen LogP contribution is -2.37. The van der Waals surface area contributed by atoms with Gasteiger partial charge in [0.2, 0.25) is 0 Å². The van der Waals surface area contributed by atoms with Crippen LogP contribution in [-0.4, -0.2) is 17.2 Å². The van der Waals surface area contributed by atoms with Crippen molar-refractivity contribution in [3.8, 4) is 0 Å². The molecule has 0 bridgehead atoms. The second-order valence-electron chi connectivity index (χ2n) is 5.08. The highest BCUT2D eigenvalue weighted by molar-refractivity contribution is 7.09. The van der Waals surface area contributed by atoms with E-state index in [9.17, 15) is 9.90 Å². The lowest BCUT2D eigenvalue weighted by molar-refractivity contribution is 0.199. The Morgan fingerprint density at radius 1 is 1.29 bits per heavy atom. The molecule has 1 aromatic carbocycles. The molecule has 2 rings (SSSR count). The average molecular weight is 304 g/mol. The lowest BCUT2D eigenvalue weighted by atomic mass is 10.1. The minimum absolute atomic E-state index is 0.0589. The van der Waals surface area contributed by atoms with E-state index < -0.39 is 6.10 Å². The van der Waals surface area contributed by atoms with E-state index in [1.807, 2.05) is 30.5 Å². The summed E-state index contributed by atoms with van der Waals surface area (Å²) in [5, 5.41) is 17.3. The number of urea groups is 1. The molecule has 0 aliphatic carbocycles. The molecule has 0 aliphatic rings. The molecule has 2 atom stereocenters. The fraction of sp³-hybridized carbons (Fsp3) is 0.312. The third-order valence-electron chi connectivity index (χ3n) is 3.09. The molecule has 0 saturated carbocycles. The number of thiophene rings is 1. The molecule has 3 N–H and O–H groups in total. The van der Waals surface area contributed by atoms with Gasteiger partial charge in [0.15, 0.2) is 0 Å². The SMILES string of the molecule is CC(Cc1cccs1)NC(=O)Nc1cccc(C(C)O)c1. The number of aliphatic hydroxyl groups is 1. The molecule has 0 saturated heterocycles. The number of benzene rings is 1. The summed E-state index contributed by atoms with van der Waals surface area (Å²) in [6, 6.07) is 11.1. The Morgan fingerprint density at radius 2 is 2.10 bits per heavy atom. The Kier molecular flexibility index (Phi) is 5.36. The molecule has 21 heavy (non-hydrogen) atoms. The fourth-order valence-corrected chi connectivity index (χ4v) is 2.88. The first kappa shape index (κ1) is 15.5. The van der Waals surface area contributed by atoms with Crippen molar-refractivity contribution in [2.24, 2.45) is 0 Å². The number of carbonyl (C=O) groups is 1. The Hall–Kier alpha value is -1.85. The summed E-state index contributed by atoms with van der Waals surface area (Å²) in [4.78, 5) is 13.2. The van der Waals surface area contributed by atoms with Crippen LogP contribution in [0.15, 0.2) is 41.8 Å². The molecule has 5 heteroatoms. The number of amides is 2. The smallest absolute Gasteiger partial charge is 0.319 e. The summed E-state index contributed by atoms with van der Waals surface area (Å²) in [5.41, 5.74) is 1.45. The maximum absolute atomic E-state index is 12.0. The van der Waals surface area contributed by atoms with Gasteiger partial charge in [-0.25, -0.2) is 4.79 Å². The van der Waals surface area contributed by atoms with Gasteiger partial charge in [-0.15, -0.1) is 11.3 Å². The molecule has 1 heterocycles. The topological polar surface area (TPSA) is 61.4 Å². The van der Waals surface area contributed by atoms with Crippen LogP contribution >= 0.6 is 11.3 Å². The van der Waals surface area contributed by atoms with Gasteiger partial charge in [0, 0.05) is 23.0 Å². The summed E-state index contributed by atoms with van der Waals surface area (Å²) >= 11 is 1.69. The molecule has 2 unspecified atom stereocenters. The maximum Gasteiger partial charge on any atom is 0.319 e. The number of anilines is 1. The van der Waals surface area contributed by atoms with E-state index in [1.54, 1.807) is 30.4 Å². The van der Waals surface area contributed by atoms with E-state index in [1.165, 1.54) is 4.88 Å². The van der Waals surface area contributed by atoms with Crippen molar-refractivity contribution in [2.45, 2.75) is 32.4 Å². The van der Waals surface area contributed by atoms with Gasteiger partial charge in [-0.05, 0) is 43.0 Å². The highest BCUT2D eigenvalue weighted by Gasteiger charge is 2.09. The van der Waals surface area contributed by atoms with Crippen LogP contribution in [0.2, 0.25) is 0 Å². The van der Waals surface area contributed by atoms with Gasteiger partial charge in [-0.3, -0.25) is 0 Å². The fourth-order valence-electron chi connectivity index (χ4n) is 2.05. The van der Waals surface area contributed by atoms with Gasteiger partial charge in [-0.2, -0.15) is 0 Å². The second-order valence-corrected chi connectivity index (χ2v) is 6.12. The first-order chi connectivity index (χ1) is 10.0. The Bertz CT molecular complexity index is 582. The highest BCUT2D eigenvalue weighted by atomic mass is 32.1. The second kappa shape index (κ2) is 7.24. The van der Waals surface area contributed by atoms with Gasteiger partial charge < -0.3 is 15.7 Å². The zero-order valence-electron chi connectivity index (χ0n) is 12.2. The predicted octanol–water partition coefficient (Wildman–Crippen LogP) is 3.55. The minimum Gasteiger partial charge on any atom is -0.389 e. The molecule has 112 valence electrons. The third kappa shape index (κ3) is 4.88. The van der Waals surface area contributed by atoms with E-state index in [-0.39, 0.29) is 12.1 Å². The summed E-state index contributed by atoms with van der Waals surface area (Å²) in [7, 11) is 0. The molecule has 4 nitrogen and oxygen atoms in total. The molecule has 0 fully saturated rings. The first-order valence-electron chi connectivity index (χ1n) is 6.92. The first-order valence-corrected chi connectivity index (χ1v) is 7.80. The van der Waals surface area contributed by atoms with Gasteiger partial charge in [0.05, 0.1) is 6.10 Å². The molecule has 2 aromatic rings. The Balaban J connectivity index is 1.88. The van der Waals surface area contributed by atoms with E-state index >= 15 is 0 Å². The molecular formula is C16H20N2O2S. The van der Waals surface area contributed by atoms with Crippen molar-refractivity contribution in [2.75, 3.05) is 5.32 Å². The van der Waals surface area contributed by atoms with E-state index in [0.29, 0.717) is 5.69 Å². The monoisotopic (exact) mass is 304 g/mol. The van der Waals surface area contributed by atoms with Crippen molar-refractivity contribution in [3.63, 3.8) is 0 Å². The van der Waals surface area contributed by atoms with Gasteiger partial charge in [0.25, 0.3) is 0 Å². The number of nitrogens with one attached hydrogen (secondary N) is 2. The Labute approximate surface area is 128 Å². The Morgan fingerprint density at radius 3 is 2.76 bits per heavy atom. The molecular weight excluding hydrogens is 284 g/mol. The highest BCUT2D eigenvalue weighted by Crippen LogP contribution is 2.17. The van der Waals surface area contributed by atoms with Crippen molar-refractivity contribution in [1.82, 2.24) is 5.32 Å². The van der Waals surface area contributed by atoms with Crippen molar-refractivity contribution in [1.29, 1.82) is 0 Å². The van der Waals surface area contributed by atoms with Crippen LogP contribution in [0.25, 0.3) is 0 Å². The average Bonchev–Trinajstić information content (AvgIpc) is 2.91. The van der Waals surface area contributed by atoms with Crippen molar-refractivity contribution in [3.05, 3.63) is 52.2 Å². The zero-order valence-corrected chi connectivity index (χ0v) is 13.0. The lowest BCUT2D eigenvalue weighted by Gasteiger charge is -2.14. The van der Waals surface area contributed by atoms with E-state index in [4.69, 9.17) is 0 Å². The number of carbonyl (C=O) groups excluding carboxylic acids is 1. The summed E-state index contributed by atoms with van der Waals surface area (Å²) in [6.45, 7) is 3.67.